The van der Waals surface area contributed by atoms with Crippen LogP contribution in [0.2, 0.25) is 0 Å². The van der Waals surface area contributed by atoms with Crippen LogP contribution in [0.25, 0.3) is 0 Å². The van der Waals surface area contributed by atoms with Gasteiger partial charge in [0.25, 0.3) is 0 Å². The summed E-state index contributed by atoms with van der Waals surface area (Å²) < 4.78 is 68.5. The fourth-order valence-electron chi connectivity index (χ4n) is 10.8. The van der Waals surface area contributed by atoms with E-state index in [1.165, 1.54) is 122 Å². The third kappa shape index (κ3) is 71.2. The number of ether oxygens (including phenoxy) is 4. The molecule has 5 atom stereocenters. The second kappa shape index (κ2) is 72.1. The van der Waals surface area contributed by atoms with E-state index >= 15 is 0 Å². The molecule has 0 saturated heterocycles. The zero-order valence-electron chi connectivity index (χ0n) is 62.5. The summed E-state index contributed by atoms with van der Waals surface area (Å²) in [6, 6.07) is 0. The summed E-state index contributed by atoms with van der Waals surface area (Å²) in [7, 11) is -9.95. The SMILES string of the molecule is CCCCC/C=C\C/C=C\CCCCCCCC(=O)O[C@H](COC(=O)CCCCCCC/C=C\CCCCCC)COP(=O)(O)OC[C@@H](O)COP(=O)(O)OC[C@@H](COC(=O)CCCCCCC/C=C\CCCCCCCC)OC(=O)CCCCCCC/C=C\CCCCCCCC. The van der Waals surface area contributed by atoms with E-state index in [1.807, 2.05) is 0 Å². The van der Waals surface area contributed by atoms with Crippen molar-refractivity contribution in [3.8, 4) is 0 Å². The Morgan fingerprint density at radius 2 is 0.500 bits per heavy atom. The van der Waals surface area contributed by atoms with Gasteiger partial charge in [-0.15, -0.1) is 0 Å². The summed E-state index contributed by atoms with van der Waals surface area (Å²) in [6.07, 6.45) is 70.5. The molecule has 19 heteroatoms. The second-order valence-corrected chi connectivity index (χ2v) is 29.5. The highest BCUT2D eigenvalue weighted by Gasteiger charge is 2.30. The first-order valence-corrected chi connectivity index (χ1v) is 42.5. The van der Waals surface area contributed by atoms with Gasteiger partial charge >= 0.3 is 39.5 Å². The van der Waals surface area contributed by atoms with E-state index in [4.69, 9.17) is 37.0 Å². The van der Waals surface area contributed by atoms with E-state index in [-0.39, 0.29) is 25.7 Å². The largest absolute Gasteiger partial charge is 0.472 e. The summed E-state index contributed by atoms with van der Waals surface area (Å²) in [6.45, 7) is 4.84. The van der Waals surface area contributed by atoms with Crippen LogP contribution in [-0.2, 0) is 65.4 Å². The molecule has 0 fully saturated rings. The molecule has 17 nitrogen and oxygen atoms in total. The van der Waals surface area contributed by atoms with Gasteiger partial charge in [-0.05, 0) is 135 Å². The highest BCUT2D eigenvalue weighted by atomic mass is 31.2. The quantitative estimate of drug-likeness (QED) is 0.0169. The smallest absolute Gasteiger partial charge is 0.462 e. The number of phosphoric ester groups is 2. The minimum absolute atomic E-state index is 0.0806. The molecule has 572 valence electrons. The van der Waals surface area contributed by atoms with Crippen molar-refractivity contribution < 1.29 is 80.2 Å². The molecule has 0 aromatic heterocycles. The van der Waals surface area contributed by atoms with Crippen molar-refractivity contribution in [1.29, 1.82) is 0 Å². The van der Waals surface area contributed by atoms with Crippen LogP contribution in [0, 0.1) is 0 Å². The van der Waals surface area contributed by atoms with Gasteiger partial charge in [0.05, 0.1) is 26.4 Å². The minimum Gasteiger partial charge on any atom is -0.462 e. The Hall–Kier alpha value is -3.24. The van der Waals surface area contributed by atoms with Crippen LogP contribution in [0.4, 0.5) is 0 Å². The lowest BCUT2D eigenvalue weighted by Gasteiger charge is -2.21. The lowest BCUT2D eigenvalue weighted by atomic mass is 10.1. The predicted molar refractivity (Wildman–Crippen MR) is 400 cm³/mol. The summed E-state index contributed by atoms with van der Waals surface area (Å²) in [4.78, 5) is 72.9. The third-order valence-corrected chi connectivity index (χ3v) is 18.8. The van der Waals surface area contributed by atoms with Gasteiger partial charge in [-0.1, -0.05) is 262 Å². The topological polar surface area (TPSA) is 237 Å². The van der Waals surface area contributed by atoms with Crippen molar-refractivity contribution >= 4 is 39.5 Å². The lowest BCUT2D eigenvalue weighted by molar-refractivity contribution is -0.161. The van der Waals surface area contributed by atoms with E-state index < -0.39 is 97.5 Å². The normalized spacial score (nSPS) is 14.2. The number of allylic oxidation sites excluding steroid dienone is 10. The number of hydrogen-bond acceptors (Lipinski definition) is 15. The number of aliphatic hydroxyl groups excluding tert-OH is 1. The van der Waals surface area contributed by atoms with E-state index in [0.29, 0.717) is 25.7 Å². The van der Waals surface area contributed by atoms with E-state index in [1.54, 1.807) is 0 Å². The van der Waals surface area contributed by atoms with Gasteiger partial charge in [-0.3, -0.25) is 37.3 Å². The molecule has 0 aliphatic rings. The van der Waals surface area contributed by atoms with Crippen LogP contribution < -0.4 is 0 Å². The molecule has 2 unspecified atom stereocenters. The third-order valence-electron chi connectivity index (χ3n) is 16.9. The van der Waals surface area contributed by atoms with Gasteiger partial charge in [0.2, 0.25) is 0 Å². The van der Waals surface area contributed by atoms with Crippen LogP contribution in [-0.4, -0.2) is 96.7 Å². The fourth-order valence-corrected chi connectivity index (χ4v) is 12.4. The molecular weight excluding hydrogens is 1280 g/mol. The number of hydrogen-bond donors (Lipinski definition) is 3. The summed E-state index contributed by atoms with van der Waals surface area (Å²) in [5, 5.41) is 10.6. The first-order chi connectivity index (χ1) is 47.7. The first kappa shape index (κ1) is 94.8. The number of carbonyl (C=O) groups is 4. The molecule has 0 rings (SSSR count). The van der Waals surface area contributed by atoms with Crippen molar-refractivity contribution in [2.24, 2.45) is 0 Å². The molecule has 0 bridgehead atoms. The molecule has 0 heterocycles. The van der Waals surface area contributed by atoms with Gasteiger partial charge in [0.1, 0.15) is 19.3 Å². The molecule has 0 aliphatic heterocycles. The van der Waals surface area contributed by atoms with Gasteiger partial charge in [-0.2, -0.15) is 0 Å². The molecule has 0 spiro atoms. The zero-order valence-corrected chi connectivity index (χ0v) is 64.3. The maximum atomic E-state index is 13.1. The number of esters is 4. The van der Waals surface area contributed by atoms with Gasteiger partial charge in [0, 0.05) is 25.7 Å². The molecule has 98 heavy (non-hydrogen) atoms. The highest BCUT2D eigenvalue weighted by Crippen LogP contribution is 2.45. The number of rotatable bonds is 75. The van der Waals surface area contributed by atoms with E-state index in [0.717, 1.165) is 161 Å². The molecule has 0 amide bonds. The molecule has 0 aliphatic carbocycles. The van der Waals surface area contributed by atoms with Gasteiger partial charge in [0.15, 0.2) is 12.2 Å². The van der Waals surface area contributed by atoms with Crippen molar-refractivity contribution in [3.63, 3.8) is 0 Å². The van der Waals surface area contributed by atoms with Crippen molar-refractivity contribution in [3.05, 3.63) is 60.8 Å². The average Bonchev–Trinajstić information content (AvgIpc) is 1.05. The average molecular weight is 1430 g/mol. The Bertz CT molecular complexity index is 2100. The summed E-state index contributed by atoms with van der Waals surface area (Å²) in [5.74, 6) is -2.19. The van der Waals surface area contributed by atoms with Crippen LogP contribution in [0.5, 0.6) is 0 Å². The number of unbranched alkanes of at least 4 members (excludes halogenated alkanes) is 39. The maximum absolute atomic E-state index is 13.1. The van der Waals surface area contributed by atoms with Crippen LogP contribution in [0.15, 0.2) is 60.8 Å². The Morgan fingerprint density at radius 3 is 0.796 bits per heavy atom. The maximum Gasteiger partial charge on any atom is 0.472 e. The monoisotopic (exact) mass is 1430 g/mol. The van der Waals surface area contributed by atoms with Crippen LogP contribution >= 0.6 is 15.6 Å². The molecule has 0 saturated carbocycles. The predicted octanol–water partition coefficient (Wildman–Crippen LogP) is 22.7. The number of carbonyl (C=O) groups excluding carboxylic acids is 4. The van der Waals surface area contributed by atoms with Gasteiger partial charge < -0.3 is 33.8 Å². The number of aliphatic hydroxyl groups is 1. The van der Waals surface area contributed by atoms with E-state index in [2.05, 4.69) is 88.5 Å². The molecule has 0 aromatic rings. The Kier molecular flexibility index (Phi) is 69.7. The summed E-state index contributed by atoms with van der Waals surface area (Å²) in [5.41, 5.74) is 0. The zero-order chi connectivity index (χ0) is 71.8. The van der Waals surface area contributed by atoms with Gasteiger partial charge in [-0.25, -0.2) is 9.13 Å². The van der Waals surface area contributed by atoms with Crippen LogP contribution in [0.3, 0.4) is 0 Å². The van der Waals surface area contributed by atoms with Crippen LogP contribution in [0.1, 0.15) is 362 Å². The molecule has 0 radical (unpaired) electrons. The first-order valence-electron chi connectivity index (χ1n) is 39.5. The molecular formula is C79H144O17P2. The fraction of sp³-hybridized carbons (Fsp3) is 0.823. The Morgan fingerprint density at radius 1 is 0.286 bits per heavy atom. The second-order valence-electron chi connectivity index (χ2n) is 26.6. The van der Waals surface area contributed by atoms with Crippen molar-refractivity contribution in [2.45, 2.75) is 380 Å². The van der Waals surface area contributed by atoms with E-state index in [9.17, 15) is 43.2 Å². The van der Waals surface area contributed by atoms with Crippen molar-refractivity contribution in [2.75, 3.05) is 39.6 Å². The lowest BCUT2D eigenvalue weighted by Crippen LogP contribution is -2.30. The highest BCUT2D eigenvalue weighted by molar-refractivity contribution is 7.47. The number of phosphoric acid groups is 2. The Balaban J connectivity index is 5.35. The molecule has 3 N–H and O–H groups in total. The Labute approximate surface area is 597 Å². The minimum atomic E-state index is -4.97. The van der Waals surface area contributed by atoms with Crippen molar-refractivity contribution in [1.82, 2.24) is 0 Å². The summed E-state index contributed by atoms with van der Waals surface area (Å²) >= 11 is 0. The molecule has 0 aromatic carbocycles. The standard InChI is InChI=1S/C79H144O17P2/c1-5-9-13-17-21-25-29-33-36-40-44-48-52-56-60-64-77(82)90-70-75(96-79(84)66-62-58-54-50-46-42-38-35-31-27-23-19-15-11-7-3)72-94-98(87,88)92-68-73(80)67-91-97(85,86)93-71-74(69-89-76(81)63-59-55-51-47-43-39-32-28-24-20-16-12-8-4)95-78(83)65-61-57-53-49-45-41-37-34-30-26-22-18-14-10-6-2/h22,26,28,32-38,73-75,80H,5-21,23-25,27,29-31,39-72H2,1-4H3,(H,85,86)(H,87,88)/b26-22-,32-28-,36-33-,37-34-,38-35-/t73-,74-,75-/m1/s1.